The predicted molar refractivity (Wildman–Crippen MR) is 122 cm³/mol. The number of hydrogen-bond acceptors (Lipinski definition) is 6. The normalized spacial score (nSPS) is 13.8. The number of aryl methyl sites for hydroxylation is 2. The van der Waals surface area contributed by atoms with Gasteiger partial charge in [-0.2, -0.15) is 4.98 Å². The van der Waals surface area contributed by atoms with Crippen molar-refractivity contribution in [3.63, 3.8) is 0 Å². The second-order valence-corrected chi connectivity index (χ2v) is 7.47. The molecule has 1 amide bonds. The molecule has 2 aromatic carbocycles. The Balaban J connectivity index is 1.77. The molecular formula is C23H26N6O. The van der Waals surface area contributed by atoms with Crippen molar-refractivity contribution in [3.05, 3.63) is 59.8 Å². The van der Waals surface area contributed by atoms with Gasteiger partial charge in [0.05, 0.1) is 6.20 Å². The van der Waals surface area contributed by atoms with Crippen LogP contribution in [0.5, 0.6) is 0 Å². The van der Waals surface area contributed by atoms with Gasteiger partial charge in [0.1, 0.15) is 5.69 Å². The Hall–Kier alpha value is -3.61. The molecular weight excluding hydrogens is 376 g/mol. The first-order chi connectivity index (χ1) is 14.5. The molecule has 0 bridgehead atoms. The molecule has 7 heteroatoms. The second-order valence-electron chi connectivity index (χ2n) is 7.47. The molecule has 1 aromatic heterocycles. The van der Waals surface area contributed by atoms with Crippen molar-refractivity contribution < 1.29 is 4.79 Å². The van der Waals surface area contributed by atoms with Crippen molar-refractivity contribution >= 4 is 40.4 Å². The van der Waals surface area contributed by atoms with Crippen LogP contribution in [0, 0.1) is 13.8 Å². The van der Waals surface area contributed by atoms with E-state index in [1.165, 1.54) is 5.56 Å². The van der Waals surface area contributed by atoms with E-state index in [1.54, 1.807) is 11.1 Å². The average Bonchev–Trinajstić information content (AvgIpc) is 2.87. The van der Waals surface area contributed by atoms with E-state index in [0.29, 0.717) is 25.5 Å². The molecule has 0 saturated carbocycles. The maximum absolute atomic E-state index is 12.7. The molecule has 1 aliphatic rings. The lowest BCUT2D eigenvalue weighted by Crippen LogP contribution is -2.30. The van der Waals surface area contributed by atoms with E-state index in [2.05, 4.69) is 46.4 Å². The number of carbonyl (C=O) groups excluding carboxylic acids is 1. The van der Waals surface area contributed by atoms with Crippen molar-refractivity contribution in [2.24, 2.45) is 0 Å². The topological polar surface area (TPSA) is 87.4 Å². The van der Waals surface area contributed by atoms with Crippen LogP contribution in [0.2, 0.25) is 0 Å². The standard InChI is InChI=1S/C23H26N6O/c1-4-28-20-14-25-23(26-17-7-10-19(24)16(3)13-17)27-22(20)29(12-11-21(28)30)18-8-5-15(2)6-9-18/h5-10,13-14H,4,11-12,24H2,1-3H3,(H,25,26,27). The van der Waals surface area contributed by atoms with E-state index in [-0.39, 0.29) is 5.91 Å². The first kappa shape index (κ1) is 19.7. The van der Waals surface area contributed by atoms with Gasteiger partial charge in [-0.05, 0) is 56.7 Å². The average molecular weight is 403 g/mol. The number of carbonyl (C=O) groups is 1. The first-order valence-corrected chi connectivity index (χ1v) is 10.1. The molecule has 0 aliphatic carbocycles. The summed E-state index contributed by atoms with van der Waals surface area (Å²) in [4.78, 5) is 25.8. The van der Waals surface area contributed by atoms with Crippen molar-refractivity contribution in [1.82, 2.24) is 9.97 Å². The summed E-state index contributed by atoms with van der Waals surface area (Å²) in [5, 5.41) is 3.26. The SMILES string of the molecule is CCN1C(=O)CCN(c2ccc(C)cc2)c2nc(Nc3ccc(N)c(C)c3)ncc21. The van der Waals surface area contributed by atoms with Crippen LogP contribution in [-0.4, -0.2) is 29.0 Å². The summed E-state index contributed by atoms with van der Waals surface area (Å²) in [6, 6.07) is 14.0. The minimum atomic E-state index is 0.0758. The van der Waals surface area contributed by atoms with Gasteiger partial charge in [0.25, 0.3) is 0 Å². The zero-order chi connectivity index (χ0) is 21.3. The van der Waals surface area contributed by atoms with Crippen molar-refractivity contribution in [2.75, 3.05) is 33.9 Å². The summed E-state index contributed by atoms with van der Waals surface area (Å²) < 4.78 is 0. The lowest BCUT2D eigenvalue weighted by molar-refractivity contribution is -0.118. The number of amides is 1. The Morgan fingerprint density at radius 1 is 1.13 bits per heavy atom. The van der Waals surface area contributed by atoms with Gasteiger partial charge in [-0.3, -0.25) is 4.79 Å². The Morgan fingerprint density at radius 2 is 1.90 bits per heavy atom. The molecule has 30 heavy (non-hydrogen) atoms. The molecule has 154 valence electrons. The summed E-state index contributed by atoms with van der Waals surface area (Å²) >= 11 is 0. The van der Waals surface area contributed by atoms with Crippen LogP contribution < -0.4 is 20.9 Å². The summed E-state index contributed by atoms with van der Waals surface area (Å²) in [5.41, 5.74) is 11.4. The highest BCUT2D eigenvalue weighted by Gasteiger charge is 2.28. The van der Waals surface area contributed by atoms with Gasteiger partial charge in [0.15, 0.2) is 5.82 Å². The van der Waals surface area contributed by atoms with E-state index in [4.69, 9.17) is 10.7 Å². The van der Waals surface area contributed by atoms with Crippen LogP contribution in [0.1, 0.15) is 24.5 Å². The van der Waals surface area contributed by atoms with Gasteiger partial charge in [-0.15, -0.1) is 0 Å². The van der Waals surface area contributed by atoms with Gasteiger partial charge in [-0.25, -0.2) is 4.98 Å². The quantitative estimate of drug-likeness (QED) is 0.632. The molecule has 3 N–H and O–H groups in total. The fourth-order valence-electron chi connectivity index (χ4n) is 3.60. The Labute approximate surface area is 176 Å². The fraction of sp³-hybridized carbons (Fsp3) is 0.261. The summed E-state index contributed by atoms with van der Waals surface area (Å²) in [5.74, 6) is 1.27. The number of benzene rings is 2. The highest BCUT2D eigenvalue weighted by Crippen LogP contribution is 2.36. The maximum Gasteiger partial charge on any atom is 0.229 e. The fourth-order valence-corrected chi connectivity index (χ4v) is 3.60. The van der Waals surface area contributed by atoms with E-state index >= 15 is 0 Å². The third-order valence-corrected chi connectivity index (χ3v) is 5.33. The molecule has 1 aliphatic heterocycles. The number of fused-ring (bicyclic) bond motifs is 1. The van der Waals surface area contributed by atoms with Crippen molar-refractivity contribution in [3.8, 4) is 0 Å². The number of anilines is 6. The van der Waals surface area contributed by atoms with Crippen molar-refractivity contribution in [1.29, 1.82) is 0 Å². The summed E-state index contributed by atoms with van der Waals surface area (Å²) in [6.07, 6.45) is 2.14. The predicted octanol–water partition coefficient (Wildman–Crippen LogP) is 4.31. The third kappa shape index (κ3) is 3.78. The largest absolute Gasteiger partial charge is 0.399 e. The molecule has 4 rings (SSSR count). The van der Waals surface area contributed by atoms with Crippen LogP contribution in [0.15, 0.2) is 48.7 Å². The Bertz CT molecular complexity index is 1080. The number of aromatic nitrogens is 2. The summed E-state index contributed by atoms with van der Waals surface area (Å²) in [6.45, 7) is 7.11. The number of nitrogens with zero attached hydrogens (tertiary/aromatic N) is 4. The molecule has 0 spiro atoms. The summed E-state index contributed by atoms with van der Waals surface area (Å²) in [7, 11) is 0. The van der Waals surface area contributed by atoms with E-state index in [9.17, 15) is 4.79 Å². The third-order valence-electron chi connectivity index (χ3n) is 5.33. The zero-order valence-electron chi connectivity index (χ0n) is 17.5. The van der Waals surface area contributed by atoms with Gasteiger partial charge < -0.3 is 20.9 Å². The van der Waals surface area contributed by atoms with Gasteiger partial charge in [-0.1, -0.05) is 17.7 Å². The molecule has 7 nitrogen and oxygen atoms in total. The molecule has 0 saturated heterocycles. The van der Waals surface area contributed by atoms with Crippen LogP contribution in [0.4, 0.5) is 34.5 Å². The Morgan fingerprint density at radius 3 is 2.60 bits per heavy atom. The van der Waals surface area contributed by atoms with Crippen LogP contribution in [-0.2, 0) is 4.79 Å². The lowest BCUT2D eigenvalue weighted by Gasteiger charge is -2.25. The van der Waals surface area contributed by atoms with Gasteiger partial charge in [0, 0.05) is 36.6 Å². The van der Waals surface area contributed by atoms with E-state index in [0.717, 1.165) is 34.1 Å². The second kappa shape index (κ2) is 8.02. The molecule has 0 unspecified atom stereocenters. The monoisotopic (exact) mass is 402 g/mol. The molecule has 0 atom stereocenters. The lowest BCUT2D eigenvalue weighted by atomic mass is 10.2. The number of rotatable bonds is 4. The number of nitrogens with one attached hydrogen (secondary N) is 1. The van der Waals surface area contributed by atoms with Crippen LogP contribution in [0.3, 0.4) is 0 Å². The molecule has 0 fully saturated rings. The first-order valence-electron chi connectivity index (χ1n) is 10.1. The van der Waals surface area contributed by atoms with Crippen LogP contribution >= 0.6 is 0 Å². The number of nitrogens with two attached hydrogens (primary N) is 1. The van der Waals surface area contributed by atoms with Crippen LogP contribution in [0.25, 0.3) is 0 Å². The van der Waals surface area contributed by atoms with Gasteiger partial charge in [0.2, 0.25) is 11.9 Å². The minimum absolute atomic E-state index is 0.0758. The Kier molecular flexibility index (Phi) is 5.27. The zero-order valence-corrected chi connectivity index (χ0v) is 17.5. The van der Waals surface area contributed by atoms with E-state index in [1.807, 2.05) is 32.0 Å². The minimum Gasteiger partial charge on any atom is -0.399 e. The molecule has 2 heterocycles. The maximum atomic E-state index is 12.7. The molecule has 3 aromatic rings. The highest BCUT2D eigenvalue weighted by molar-refractivity contribution is 5.98. The number of hydrogen-bond donors (Lipinski definition) is 2. The molecule has 0 radical (unpaired) electrons. The van der Waals surface area contributed by atoms with Gasteiger partial charge >= 0.3 is 0 Å². The smallest absolute Gasteiger partial charge is 0.229 e. The van der Waals surface area contributed by atoms with Crippen molar-refractivity contribution in [2.45, 2.75) is 27.2 Å². The highest BCUT2D eigenvalue weighted by atomic mass is 16.2. The van der Waals surface area contributed by atoms with E-state index < -0.39 is 0 Å². The number of nitrogen functional groups attached to an aromatic ring is 1.